The first-order valence-corrected chi connectivity index (χ1v) is 10.7. The van der Waals surface area contributed by atoms with Gasteiger partial charge in [0.25, 0.3) is 5.91 Å². The topological polar surface area (TPSA) is 48.0 Å². The van der Waals surface area contributed by atoms with Crippen LogP contribution in [0.15, 0.2) is 30.3 Å². The molecule has 0 unspecified atom stereocenters. The molecule has 1 fully saturated rings. The molecule has 0 bridgehead atoms. The van der Waals surface area contributed by atoms with Gasteiger partial charge in [0.15, 0.2) is 0 Å². The van der Waals surface area contributed by atoms with Crippen molar-refractivity contribution in [3.8, 4) is 11.1 Å². The number of aromatic nitrogens is 1. The number of carbonyl (C=O) groups is 1. The molecule has 3 heteroatoms. The summed E-state index contributed by atoms with van der Waals surface area (Å²) >= 11 is 0. The number of rotatable bonds is 8. The van der Waals surface area contributed by atoms with E-state index in [1.165, 1.54) is 50.6 Å². The summed E-state index contributed by atoms with van der Waals surface area (Å²) in [5.41, 5.74) is 11.2. The first kappa shape index (κ1) is 19.7. The molecular formula is C24H34N2O. The Labute approximate surface area is 164 Å². The normalized spacial score (nSPS) is 15.2. The molecule has 0 saturated heterocycles. The Kier molecular flexibility index (Phi) is 6.76. The molecule has 0 atom stereocenters. The highest BCUT2D eigenvalue weighted by Crippen LogP contribution is 2.36. The fourth-order valence-corrected chi connectivity index (χ4v) is 4.69. The maximum atomic E-state index is 12.4. The molecule has 27 heavy (non-hydrogen) atoms. The third-order valence-corrected chi connectivity index (χ3v) is 6.12. The van der Waals surface area contributed by atoms with Gasteiger partial charge < -0.3 is 10.3 Å². The lowest BCUT2D eigenvalue weighted by Gasteiger charge is -2.24. The molecule has 3 rings (SSSR count). The van der Waals surface area contributed by atoms with Crippen molar-refractivity contribution in [2.75, 3.05) is 0 Å². The van der Waals surface area contributed by atoms with Gasteiger partial charge in [0.1, 0.15) is 0 Å². The van der Waals surface area contributed by atoms with E-state index in [4.69, 9.17) is 5.73 Å². The number of carbonyl (C=O) groups excluding carboxylic acids is 1. The summed E-state index contributed by atoms with van der Waals surface area (Å²) in [5, 5.41) is 0. The lowest BCUT2D eigenvalue weighted by atomic mass is 9.89. The van der Waals surface area contributed by atoms with Crippen LogP contribution in [-0.2, 0) is 13.0 Å². The number of hydrogen-bond acceptors (Lipinski definition) is 1. The highest BCUT2D eigenvalue weighted by atomic mass is 16.1. The standard InChI is InChI=1S/C24H34N2O/c1-3-4-7-16-21-23(20-14-10-6-11-15-20)22(24(25)27)18(2)26(21)17-19-12-8-5-9-13-19/h6,10-11,14-15,19H,3-5,7-9,12-13,16-17H2,1-2H3,(H2,25,27). The molecule has 0 aliphatic heterocycles. The van der Waals surface area contributed by atoms with E-state index in [0.29, 0.717) is 0 Å². The van der Waals surface area contributed by atoms with E-state index in [1.54, 1.807) is 0 Å². The number of benzene rings is 1. The first-order chi connectivity index (χ1) is 13.1. The predicted molar refractivity (Wildman–Crippen MR) is 113 cm³/mol. The molecule has 1 aliphatic carbocycles. The third kappa shape index (κ3) is 4.45. The van der Waals surface area contributed by atoms with Crippen LogP contribution in [0.4, 0.5) is 0 Å². The summed E-state index contributed by atoms with van der Waals surface area (Å²) in [6, 6.07) is 10.3. The van der Waals surface area contributed by atoms with E-state index in [1.807, 2.05) is 18.2 Å². The molecule has 146 valence electrons. The van der Waals surface area contributed by atoms with Crippen molar-refractivity contribution < 1.29 is 4.79 Å². The average Bonchev–Trinajstić information content (AvgIpc) is 2.96. The van der Waals surface area contributed by atoms with Gasteiger partial charge in [-0.15, -0.1) is 0 Å². The number of unbranched alkanes of at least 4 members (excludes halogenated alkanes) is 2. The van der Waals surface area contributed by atoms with Crippen LogP contribution in [0.1, 0.15) is 80.0 Å². The molecule has 1 aromatic carbocycles. The fourth-order valence-electron chi connectivity index (χ4n) is 4.69. The van der Waals surface area contributed by atoms with Gasteiger partial charge >= 0.3 is 0 Å². The summed E-state index contributed by atoms with van der Waals surface area (Å²) in [6.45, 7) is 5.35. The molecule has 2 aromatic rings. The van der Waals surface area contributed by atoms with Crippen molar-refractivity contribution in [3.63, 3.8) is 0 Å². The molecule has 2 N–H and O–H groups in total. The van der Waals surface area contributed by atoms with Gasteiger partial charge in [-0.05, 0) is 44.1 Å². The van der Waals surface area contributed by atoms with Gasteiger partial charge in [0.2, 0.25) is 0 Å². The summed E-state index contributed by atoms with van der Waals surface area (Å²) < 4.78 is 2.44. The van der Waals surface area contributed by atoms with E-state index in [-0.39, 0.29) is 5.91 Å². The fraction of sp³-hybridized carbons (Fsp3) is 0.542. The van der Waals surface area contributed by atoms with Gasteiger partial charge in [-0.2, -0.15) is 0 Å². The summed E-state index contributed by atoms with van der Waals surface area (Å²) in [4.78, 5) is 12.4. The van der Waals surface area contributed by atoms with E-state index in [9.17, 15) is 4.79 Å². The number of amides is 1. The van der Waals surface area contributed by atoms with E-state index in [0.717, 1.165) is 47.7 Å². The van der Waals surface area contributed by atoms with Crippen LogP contribution in [0.5, 0.6) is 0 Å². The average molecular weight is 367 g/mol. The maximum Gasteiger partial charge on any atom is 0.251 e. The van der Waals surface area contributed by atoms with Gasteiger partial charge in [-0.3, -0.25) is 4.79 Å². The Morgan fingerprint density at radius 3 is 2.44 bits per heavy atom. The van der Waals surface area contributed by atoms with Crippen LogP contribution in [-0.4, -0.2) is 10.5 Å². The number of nitrogens with zero attached hydrogens (tertiary/aromatic N) is 1. The molecule has 1 aliphatic rings. The van der Waals surface area contributed by atoms with E-state index < -0.39 is 0 Å². The van der Waals surface area contributed by atoms with Crippen LogP contribution in [0.25, 0.3) is 11.1 Å². The summed E-state index contributed by atoms with van der Waals surface area (Å²) in [5.74, 6) is 0.421. The monoisotopic (exact) mass is 366 g/mol. The number of primary amides is 1. The minimum atomic E-state index is -0.300. The second-order valence-electron chi connectivity index (χ2n) is 8.08. The summed E-state index contributed by atoms with van der Waals surface area (Å²) in [7, 11) is 0. The molecule has 1 aromatic heterocycles. The van der Waals surface area contributed by atoms with E-state index in [2.05, 4.69) is 30.5 Å². The zero-order valence-corrected chi connectivity index (χ0v) is 17.0. The quantitative estimate of drug-likeness (QED) is 0.583. The summed E-state index contributed by atoms with van der Waals surface area (Å²) in [6.07, 6.45) is 11.2. The van der Waals surface area contributed by atoms with Crippen molar-refractivity contribution in [2.45, 2.75) is 78.2 Å². The molecule has 1 amide bonds. The van der Waals surface area contributed by atoms with Crippen LogP contribution >= 0.6 is 0 Å². The van der Waals surface area contributed by atoms with Gasteiger partial charge in [0.05, 0.1) is 5.56 Å². The van der Waals surface area contributed by atoms with Gasteiger partial charge in [-0.25, -0.2) is 0 Å². The Hall–Kier alpha value is -2.03. The van der Waals surface area contributed by atoms with Crippen LogP contribution < -0.4 is 5.73 Å². The van der Waals surface area contributed by atoms with Crippen molar-refractivity contribution in [3.05, 3.63) is 47.3 Å². The molecule has 1 heterocycles. The Balaban J connectivity index is 2.08. The minimum absolute atomic E-state index is 0.300. The highest BCUT2D eigenvalue weighted by Gasteiger charge is 2.26. The molecular weight excluding hydrogens is 332 g/mol. The molecule has 1 saturated carbocycles. The van der Waals surface area contributed by atoms with Crippen LogP contribution in [0.3, 0.4) is 0 Å². The highest BCUT2D eigenvalue weighted by molar-refractivity contribution is 6.02. The van der Waals surface area contributed by atoms with Crippen molar-refractivity contribution in [1.82, 2.24) is 4.57 Å². The Morgan fingerprint density at radius 1 is 1.11 bits per heavy atom. The second kappa shape index (κ2) is 9.25. The molecule has 3 nitrogen and oxygen atoms in total. The van der Waals surface area contributed by atoms with Crippen LogP contribution in [0, 0.1) is 12.8 Å². The Bertz CT molecular complexity index is 754. The van der Waals surface area contributed by atoms with Crippen LogP contribution in [0.2, 0.25) is 0 Å². The second-order valence-corrected chi connectivity index (χ2v) is 8.08. The van der Waals surface area contributed by atoms with Gasteiger partial charge in [-0.1, -0.05) is 69.4 Å². The van der Waals surface area contributed by atoms with Crippen molar-refractivity contribution >= 4 is 5.91 Å². The zero-order valence-electron chi connectivity index (χ0n) is 17.0. The van der Waals surface area contributed by atoms with Gasteiger partial charge in [0, 0.05) is 23.5 Å². The van der Waals surface area contributed by atoms with Crippen molar-refractivity contribution in [2.24, 2.45) is 11.7 Å². The third-order valence-electron chi connectivity index (χ3n) is 6.12. The zero-order chi connectivity index (χ0) is 19.2. The molecule has 0 spiro atoms. The maximum absolute atomic E-state index is 12.4. The predicted octanol–water partition coefficient (Wildman–Crippen LogP) is 5.88. The smallest absolute Gasteiger partial charge is 0.251 e. The SMILES string of the molecule is CCCCCc1c(-c2ccccc2)c(C(N)=O)c(C)n1CC1CCCCC1. The largest absolute Gasteiger partial charge is 0.366 e. The Morgan fingerprint density at radius 2 is 1.81 bits per heavy atom. The number of nitrogens with two attached hydrogens (primary N) is 1. The number of hydrogen-bond donors (Lipinski definition) is 1. The minimum Gasteiger partial charge on any atom is -0.366 e. The lowest BCUT2D eigenvalue weighted by Crippen LogP contribution is -2.18. The van der Waals surface area contributed by atoms with Crippen molar-refractivity contribution in [1.29, 1.82) is 0 Å². The first-order valence-electron chi connectivity index (χ1n) is 10.7. The molecule has 0 radical (unpaired) electrons. The van der Waals surface area contributed by atoms with E-state index >= 15 is 0 Å². The lowest BCUT2D eigenvalue weighted by molar-refractivity contribution is 0.1000.